The molecule has 11 heavy (non-hydrogen) atoms. The van der Waals surface area contributed by atoms with Crippen molar-refractivity contribution in [1.29, 1.82) is 0 Å². The molecule has 2 nitrogen and oxygen atoms in total. The molecule has 0 aromatic heterocycles. The first kappa shape index (κ1) is 8.40. The molecular formula is C8H12FNO. The lowest BCUT2D eigenvalue weighted by atomic mass is 10.1. The normalized spacial score (nSPS) is 31.5. The molecule has 62 valence electrons. The Balaban J connectivity index is 2.43. The number of hydrogen-bond acceptors (Lipinski definition) is 2. The zero-order valence-corrected chi connectivity index (χ0v) is 6.51. The standard InChI is InChI=1S/C8H12FNO/c1-2-3-8(11)7-4-6(9)5-10-7/h2-3,6-7,10H,4-5H2,1H3/b3-2+. The molecule has 1 saturated heterocycles. The van der Waals surface area contributed by atoms with Crippen molar-refractivity contribution in [3.8, 4) is 0 Å². The van der Waals surface area contributed by atoms with Gasteiger partial charge in [-0.1, -0.05) is 6.08 Å². The van der Waals surface area contributed by atoms with Gasteiger partial charge < -0.3 is 5.32 Å². The summed E-state index contributed by atoms with van der Waals surface area (Å²) in [5.41, 5.74) is 0. The highest BCUT2D eigenvalue weighted by Gasteiger charge is 2.27. The molecule has 1 aliphatic heterocycles. The van der Waals surface area contributed by atoms with E-state index in [1.807, 2.05) is 0 Å². The maximum atomic E-state index is 12.5. The van der Waals surface area contributed by atoms with Crippen molar-refractivity contribution in [1.82, 2.24) is 5.32 Å². The first-order valence-corrected chi connectivity index (χ1v) is 3.78. The number of carbonyl (C=O) groups is 1. The van der Waals surface area contributed by atoms with Crippen LogP contribution in [0.4, 0.5) is 4.39 Å². The van der Waals surface area contributed by atoms with Crippen LogP contribution < -0.4 is 5.32 Å². The van der Waals surface area contributed by atoms with Crippen LogP contribution in [0.5, 0.6) is 0 Å². The van der Waals surface area contributed by atoms with E-state index in [1.54, 1.807) is 13.0 Å². The third-order valence-corrected chi connectivity index (χ3v) is 1.75. The first-order valence-electron chi connectivity index (χ1n) is 3.78. The Bertz CT molecular complexity index is 179. The van der Waals surface area contributed by atoms with E-state index < -0.39 is 6.17 Å². The molecule has 3 heteroatoms. The molecule has 0 aliphatic carbocycles. The number of ketones is 1. The van der Waals surface area contributed by atoms with Crippen LogP contribution in [-0.2, 0) is 4.79 Å². The van der Waals surface area contributed by atoms with Crippen molar-refractivity contribution in [2.24, 2.45) is 0 Å². The smallest absolute Gasteiger partial charge is 0.172 e. The van der Waals surface area contributed by atoms with Crippen LogP contribution in [0.3, 0.4) is 0 Å². The number of allylic oxidation sites excluding steroid dienone is 1. The van der Waals surface area contributed by atoms with E-state index in [-0.39, 0.29) is 11.8 Å². The summed E-state index contributed by atoms with van der Waals surface area (Å²) >= 11 is 0. The van der Waals surface area contributed by atoms with Crippen LogP contribution in [0.1, 0.15) is 13.3 Å². The van der Waals surface area contributed by atoms with Gasteiger partial charge in [0.2, 0.25) is 0 Å². The first-order chi connectivity index (χ1) is 5.24. The van der Waals surface area contributed by atoms with Crippen LogP contribution >= 0.6 is 0 Å². The Labute approximate surface area is 65.5 Å². The predicted octanol–water partition coefficient (Wildman–Crippen LogP) is 0.832. The predicted molar refractivity (Wildman–Crippen MR) is 41.1 cm³/mol. The molecule has 1 aliphatic rings. The quantitative estimate of drug-likeness (QED) is 0.601. The summed E-state index contributed by atoms with van der Waals surface area (Å²) in [4.78, 5) is 11.1. The molecule has 0 radical (unpaired) electrons. The van der Waals surface area contributed by atoms with Crippen LogP contribution in [0, 0.1) is 0 Å². The number of halogens is 1. The molecular weight excluding hydrogens is 145 g/mol. The van der Waals surface area contributed by atoms with E-state index in [0.29, 0.717) is 13.0 Å². The number of carbonyl (C=O) groups excluding carboxylic acids is 1. The second-order valence-corrected chi connectivity index (χ2v) is 2.70. The van der Waals surface area contributed by atoms with Gasteiger partial charge in [0.1, 0.15) is 6.17 Å². The lowest BCUT2D eigenvalue weighted by Crippen LogP contribution is -2.29. The van der Waals surface area contributed by atoms with Crippen molar-refractivity contribution < 1.29 is 9.18 Å². The zero-order chi connectivity index (χ0) is 8.27. The molecule has 0 amide bonds. The average Bonchev–Trinajstić information content (AvgIpc) is 2.36. The molecule has 1 rings (SSSR count). The minimum Gasteiger partial charge on any atom is -0.304 e. The van der Waals surface area contributed by atoms with E-state index in [1.165, 1.54) is 6.08 Å². The highest BCUT2D eigenvalue weighted by atomic mass is 19.1. The van der Waals surface area contributed by atoms with Gasteiger partial charge in [-0.15, -0.1) is 0 Å². The Morgan fingerprint density at radius 1 is 1.73 bits per heavy atom. The second-order valence-electron chi connectivity index (χ2n) is 2.70. The zero-order valence-electron chi connectivity index (χ0n) is 6.51. The van der Waals surface area contributed by atoms with Crippen molar-refractivity contribution in [3.05, 3.63) is 12.2 Å². The van der Waals surface area contributed by atoms with E-state index in [4.69, 9.17) is 0 Å². The van der Waals surface area contributed by atoms with Crippen LogP contribution in [0.25, 0.3) is 0 Å². The summed E-state index contributed by atoms with van der Waals surface area (Å²) in [5.74, 6) is -0.0207. The van der Waals surface area contributed by atoms with Crippen molar-refractivity contribution in [2.75, 3.05) is 6.54 Å². The molecule has 0 aromatic rings. The van der Waals surface area contributed by atoms with Gasteiger partial charge in [0.25, 0.3) is 0 Å². The number of alkyl halides is 1. The lowest BCUT2D eigenvalue weighted by molar-refractivity contribution is -0.116. The Morgan fingerprint density at radius 3 is 2.91 bits per heavy atom. The van der Waals surface area contributed by atoms with E-state index in [2.05, 4.69) is 5.32 Å². The fourth-order valence-corrected chi connectivity index (χ4v) is 1.19. The molecule has 1 fully saturated rings. The third kappa shape index (κ3) is 2.12. The summed E-state index contributed by atoms with van der Waals surface area (Å²) < 4.78 is 12.5. The molecule has 0 spiro atoms. The summed E-state index contributed by atoms with van der Waals surface area (Å²) in [7, 11) is 0. The third-order valence-electron chi connectivity index (χ3n) is 1.75. The highest BCUT2D eigenvalue weighted by molar-refractivity contribution is 5.94. The molecule has 2 unspecified atom stereocenters. The van der Waals surface area contributed by atoms with Crippen molar-refractivity contribution >= 4 is 5.78 Å². The van der Waals surface area contributed by atoms with Gasteiger partial charge in [0.15, 0.2) is 5.78 Å². The van der Waals surface area contributed by atoms with Gasteiger partial charge in [-0.05, 0) is 13.0 Å². The lowest BCUT2D eigenvalue weighted by Gasteiger charge is -2.02. The van der Waals surface area contributed by atoms with Crippen LogP contribution in [0.15, 0.2) is 12.2 Å². The fraction of sp³-hybridized carbons (Fsp3) is 0.625. The van der Waals surface area contributed by atoms with E-state index in [0.717, 1.165) is 0 Å². The van der Waals surface area contributed by atoms with Gasteiger partial charge >= 0.3 is 0 Å². The monoisotopic (exact) mass is 157 g/mol. The summed E-state index contributed by atoms with van der Waals surface area (Å²) in [6.45, 7) is 2.09. The molecule has 1 heterocycles. The summed E-state index contributed by atoms with van der Waals surface area (Å²) in [5, 5.41) is 2.82. The Morgan fingerprint density at radius 2 is 2.45 bits per heavy atom. The Kier molecular flexibility index (Phi) is 2.76. The number of rotatable bonds is 2. The van der Waals surface area contributed by atoms with Crippen LogP contribution in [-0.4, -0.2) is 24.5 Å². The number of hydrogen-bond donors (Lipinski definition) is 1. The average molecular weight is 157 g/mol. The molecule has 2 atom stereocenters. The van der Waals surface area contributed by atoms with Crippen molar-refractivity contribution in [3.63, 3.8) is 0 Å². The Hall–Kier alpha value is -0.700. The topological polar surface area (TPSA) is 29.1 Å². The SMILES string of the molecule is C/C=C/C(=O)C1CC(F)CN1. The highest BCUT2D eigenvalue weighted by Crippen LogP contribution is 2.10. The van der Waals surface area contributed by atoms with Gasteiger partial charge in [-0.3, -0.25) is 4.79 Å². The van der Waals surface area contributed by atoms with Crippen molar-refractivity contribution in [2.45, 2.75) is 25.6 Å². The largest absolute Gasteiger partial charge is 0.304 e. The maximum absolute atomic E-state index is 12.5. The maximum Gasteiger partial charge on any atom is 0.172 e. The summed E-state index contributed by atoms with van der Waals surface area (Å²) in [6, 6.07) is -0.291. The fourth-order valence-electron chi connectivity index (χ4n) is 1.19. The molecule has 1 N–H and O–H groups in total. The van der Waals surface area contributed by atoms with Gasteiger partial charge in [-0.2, -0.15) is 0 Å². The minimum atomic E-state index is -0.853. The molecule has 0 saturated carbocycles. The van der Waals surface area contributed by atoms with Gasteiger partial charge in [-0.25, -0.2) is 4.39 Å². The second kappa shape index (κ2) is 3.62. The molecule has 0 aromatic carbocycles. The summed E-state index contributed by atoms with van der Waals surface area (Å²) in [6.07, 6.45) is 2.63. The van der Waals surface area contributed by atoms with Crippen LogP contribution in [0.2, 0.25) is 0 Å². The van der Waals surface area contributed by atoms with Gasteiger partial charge in [0, 0.05) is 13.0 Å². The number of nitrogens with one attached hydrogen (secondary N) is 1. The van der Waals surface area contributed by atoms with E-state index >= 15 is 0 Å². The van der Waals surface area contributed by atoms with E-state index in [9.17, 15) is 9.18 Å². The minimum absolute atomic E-state index is 0.0207. The molecule has 0 bridgehead atoms. The van der Waals surface area contributed by atoms with Gasteiger partial charge in [0.05, 0.1) is 6.04 Å².